The molecule has 0 aliphatic rings. The summed E-state index contributed by atoms with van der Waals surface area (Å²) in [5.74, 6) is 0. The molecule has 4 nitrogen and oxygen atoms in total. The molecule has 0 unspecified atom stereocenters. The lowest BCUT2D eigenvalue weighted by Crippen LogP contribution is -2.27. The lowest BCUT2D eigenvalue weighted by atomic mass is 10.1. The number of para-hydroxylation sites is 2. The van der Waals surface area contributed by atoms with Crippen LogP contribution < -0.4 is 20.9 Å². The second-order valence-electron chi connectivity index (χ2n) is 11.6. The van der Waals surface area contributed by atoms with E-state index in [4.69, 9.17) is 0 Å². The van der Waals surface area contributed by atoms with Crippen molar-refractivity contribution in [2.24, 2.45) is 0 Å². The summed E-state index contributed by atoms with van der Waals surface area (Å²) >= 11 is 0. The maximum absolute atomic E-state index is 4.08. The Hall–Kier alpha value is -5.22. The van der Waals surface area contributed by atoms with Gasteiger partial charge in [-0.05, 0) is 123 Å². The van der Waals surface area contributed by atoms with Gasteiger partial charge in [-0.15, -0.1) is 0 Å². The Labute approximate surface area is 262 Å². The highest BCUT2D eigenvalue weighted by atomic mass is 15.5. The monoisotopic (exact) mass is 578 g/mol. The van der Waals surface area contributed by atoms with E-state index in [0.29, 0.717) is 0 Å². The molecule has 0 saturated heterocycles. The molecule has 0 amide bonds. The van der Waals surface area contributed by atoms with Gasteiger partial charge in [0, 0.05) is 0 Å². The summed E-state index contributed by atoms with van der Waals surface area (Å²) in [6.07, 6.45) is 0. The zero-order valence-corrected chi connectivity index (χ0v) is 26.7. The van der Waals surface area contributed by atoms with Gasteiger partial charge in [0.2, 0.25) is 0 Å². The number of benzene rings is 5. The number of hydrogen-bond donors (Lipinski definition) is 2. The van der Waals surface area contributed by atoms with Crippen LogP contribution in [0.4, 0.5) is 34.1 Å². The van der Waals surface area contributed by atoms with Crippen LogP contribution in [0.25, 0.3) is 11.1 Å². The van der Waals surface area contributed by atoms with Crippen LogP contribution in [0.3, 0.4) is 0 Å². The third kappa shape index (κ3) is 6.55. The van der Waals surface area contributed by atoms with Crippen LogP contribution in [0.2, 0.25) is 0 Å². The average molecular weight is 579 g/mol. The molecule has 0 saturated carbocycles. The van der Waals surface area contributed by atoms with Gasteiger partial charge in [0.15, 0.2) is 0 Å². The average Bonchev–Trinajstić information content (AvgIpc) is 3.00. The molecule has 222 valence electrons. The molecule has 4 heteroatoms. The molecule has 5 aromatic carbocycles. The first-order valence-electron chi connectivity index (χ1n) is 15.0. The summed E-state index contributed by atoms with van der Waals surface area (Å²) < 4.78 is 0. The van der Waals surface area contributed by atoms with Gasteiger partial charge in [-0.25, -0.2) is 0 Å². The Morgan fingerprint density at radius 2 is 0.750 bits per heavy atom. The Morgan fingerprint density at radius 3 is 1.02 bits per heavy atom. The highest BCUT2D eigenvalue weighted by Gasteiger charge is 2.18. The minimum atomic E-state index is 0.999. The van der Waals surface area contributed by atoms with Crippen LogP contribution in [0.1, 0.15) is 47.2 Å². The molecule has 0 spiro atoms. The van der Waals surface area contributed by atoms with Crippen LogP contribution in [0.15, 0.2) is 122 Å². The molecule has 0 heterocycles. The van der Waals surface area contributed by atoms with Gasteiger partial charge in [0.25, 0.3) is 0 Å². The van der Waals surface area contributed by atoms with Crippen molar-refractivity contribution in [2.75, 3.05) is 20.9 Å². The van der Waals surface area contributed by atoms with Crippen molar-refractivity contribution in [2.45, 2.75) is 41.5 Å². The molecular formula is C40H42N4. The minimum Gasteiger partial charge on any atom is -0.294 e. The minimum absolute atomic E-state index is 0.999. The van der Waals surface area contributed by atoms with Crippen molar-refractivity contribution in [3.05, 3.63) is 156 Å². The molecule has 0 atom stereocenters. The van der Waals surface area contributed by atoms with Gasteiger partial charge in [0.1, 0.15) is 0 Å². The Kier molecular flexibility index (Phi) is 8.91. The summed E-state index contributed by atoms with van der Waals surface area (Å²) in [7, 11) is 0. The van der Waals surface area contributed by atoms with E-state index in [1.165, 1.54) is 22.3 Å². The number of anilines is 6. The summed E-state index contributed by atoms with van der Waals surface area (Å²) in [4.78, 5) is 0. The van der Waals surface area contributed by atoms with E-state index in [-0.39, 0.29) is 0 Å². The van der Waals surface area contributed by atoms with E-state index in [9.17, 15) is 0 Å². The summed E-state index contributed by atoms with van der Waals surface area (Å²) in [5, 5.41) is 4.36. The fraction of sp³-hybridized carbons (Fsp3) is 0.150. The fourth-order valence-electron chi connectivity index (χ4n) is 5.48. The van der Waals surface area contributed by atoms with Gasteiger partial charge < -0.3 is 0 Å². The maximum atomic E-state index is 4.08. The first-order valence-corrected chi connectivity index (χ1v) is 15.0. The van der Waals surface area contributed by atoms with Crippen molar-refractivity contribution in [1.29, 1.82) is 0 Å². The summed E-state index contributed by atoms with van der Waals surface area (Å²) in [6.45, 7) is 20.8. The third-order valence-corrected chi connectivity index (χ3v) is 7.93. The first kappa shape index (κ1) is 30.2. The van der Waals surface area contributed by atoms with Crippen LogP contribution in [0, 0.1) is 27.7 Å². The van der Waals surface area contributed by atoms with Gasteiger partial charge in [-0.1, -0.05) is 85.0 Å². The fourth-order valence-corrected chi connectivity index (χ4v) is 5.48. The van der Waals surface area contributed by atoms with Crippen molar-refractivity contribution in [3.8, 4) is 0 Å². The molecule has 0 aliphatic heterocycles. The zero-order chi connectivity index (χ0) is 31.4. The quantitative estimate of drug-likeness (QED) is 0.161. The summed E-state index contributed by atoms with van der Waals surface area (Å²) in [6, 6.07) is 38.3. The Bertz CT molecular complexity index is 1610. The third-order valence-electron chi connectivity index (χ3n) is 7.93. The van der Waals surface area contributed by atoms with Crippen LogP contribution >= 0.6 is 0 Å². The smallest absolute Gasteiger partial charge is 0.0688 e. The number of allylic oxidation sites excluding steroid dienone is 2. The van der Waals surface area contributed by atoms with Crippen molar-refractivity contribution in [1.82, 2.24) is 0 Å². The van der Waals surface area contributed by atoms with Gasteiger partial charge in [-0.3, -0.25) is 20.9 Å². The largest absolute Gasteiger partial charge is 0.294 e. The highest BCUT2D eigenvalue weighted by Crippen LogP contribution is 2.36. The number of nitrogens with one attached hydrogen (secondary N) is 2. The molecule has 0 radical (unpaired) electrons. The molecular weight excluding hydrogens is 536 g/mol. The molecule has 0 fully saturated rings. The van der Waals surface area contributed by atoms with Crippen LogP contribution in [-0.2, 0) is 0 Å². The van der Waals surface area contributed by atoms with Gasteiger partial charge in [-0.2, -0.15) is 0 Å². The van der Waals surface area contributed by atoms with E-state index >= 15 is 0 Å². The van der Waals surface area contributed by atoms with Crippen molar-refractivity contribution >= 4 is 45.3 Å². The second kappa shape index (κ2) is 13.0. The first-order chi connectivity index (χ1) is 21.1. The molecule has 2 N–H and O–H groups in total. The molecule has 5 aromatic rings. The van der Waals surface area contributed by atoms with Crippen LogP contribution in [0.5, 0.6) is 0 Å². The van der Waals surface area contributed by atoms with E-state index < -0.39 is 0 Å². The molecule has 0 aromatic heterocycles. The van der Waals surface area contributed by atoms with Gasteiger partial charge >= 0.3 is 0 Å². The maximum Gasteiger partial charge on any atom is 0.0688 e. The number of nitrogens with zero attached hydrogens (tertiary/aromatic N) is 2. The molecule has 44 heavy (non-hydrogen) atoms. The van der Waals surface area contributed by atoms with Crippen LogP contribution in [-0.4, -0.2) is 0 Å². The normalized spacial score (nSPS) is 10.7. The SMILES string of the molecule is C=C(C)c1ccc(NN(c2ccc(N(Nc3ccc(C(=C)C)cc3)c3c(C)cccc3C)cc2)c2c(C)cccc2C)cc1. The topological polar surface area (TPSA) is 30.5 Å². The van der Waals surface area contributed by atoms with Crippen molar-refractivity contribution in [3.63, 3.8) is 0 Å². The predicted octanol–water partition coefficient (Wildman–Crippen LogP) is 11.3. The molecule has 0 bridgehead atoms. The zero-order valence-electron chi connectivity index (χ0n) is 26.7. The Morgan fingerprint density at radius 1 is 0.455 bits per heavy atom. The highest BCUT2D eigenvalue weighted by molar-refractivity contribution is 5.78. The lowest BCUT2D eigenvalue weighted by Gasteiger charge is -2.32. The molecule has 0 aliphatic carbocycles. The number of rotatable bonds is 10. The van der Waals surface area contributed by atoms with E-state index in [0.717, 1.165) is 56.4 Å². The van der Waals surface area contributed by atoms with E-state index in [2.05, 4.69) is 171 Å². The summed E-state index contributed by atoms with van der Waals surface area (Å²) in [5.41, 5.74) is 22.8. The number of aryl methyl sites for hydroxylation is 4. The Balaban J connectivity index is 1.55. The van der Waals surface area contributed by atoms with Gasteiger partial charge in [0.05, 0.1) is 34.1 Å². The predicted molar refractivity (Wildman–Crippen MR) is 192 cm³/mol. The van der Waals surface area contributed by atoms with E-state index in [1.807, 2.05) is 13.8 Å². The standard InChI is InChI=1S/C40H42N4/c1-27(2)33-15-19-35(20-16-33)41-43(39-29(5)11-9-12-30(39)6)37-23-25-38(26-24-37)44(40-31(7)13-10-14-32(40)8)42-36-21-17-34(18-22-36)28(3)4/h9-26,41-42H,1,3H2,2,4-8H3. The number of hydrogen-bond acceptors (Lipinski definition) is 4. The molecule has 5 rings (SSSR count). The number of hydrazine groups is 2. The van der Waals surface area contributed by atoms with Crippen molar-refractivity contribution < 1.29 is 0 Å². The lowest BCUT2D eigenvalue weighted by molar-refractivity contribution is 1.11. The van der Waals surface area contributed by atoms with E-state index in [1.54, 1.807) is 0 Å². The second-order valence-corrected chi connectivity index (χ2v) is 11.6.